The van der Waals surface area contributed by atoms with Gasteiger partial charge in [-0.05, 0) is 6.42 Å². The highest BCUT2D eigenvalue weighted by Crippen LogP contribution is 2.26. The van der Waals surface area contributed by atoms with Crippen LogP contribution in [0, 0.1) is 0 Å². The number of hydrogen-bond donors (Lipinski definition) is 1. The highest BCUT2D eigenvalue weighted by molar-refractivity contribution is 7.14. The molecule has 0 aliphatic heterocycles. The number of thiazole rings is 1. The van der Waals surface area contributed by atoms with Gasteiger partial charge in [0.2, 0.25) is 0 Å². The maximum absolute atomic E-state index is 9.06. The normalized spacial score (nSPS) is 10.9. The van der Waals surface area contributed by atoms with E-state index in [-0.39, 0.29) is 6.61 Å². The summed E-state index contributed by atoms with van der Waals surface area (Å²) in [4.78, 5) is 9.17. The fraction of sp³-hybridized carbons (Fsp3) is 0.400. The van der Waals surface area contributed by atoms with Crippen molar-refractivity contribution in [3.8, 4) is 5.13 Å². The minimum absolute atomic E-state index is 0.0751. The SMILES string of the molecule is CCCc1nccn1-c1nc(Cl)c(CO)s1. The van der Waals surface area contributed by atoms with Gasteiger partial charge >= 0.3 is 0 Å². The molecule has 2 aromatic rings. The number of imidazole rings is 1. The molecule has 0 spiro atoms. The smallest absolute Gasteiger partial charge is 0.196 e. The molecular formula is C10H12ClN3OS. The Morgan fingerprint density at radius 3 is 3.00 bits per heavy atom. The van der Waals surface area contributed by atoms with Crippen LogP contribution in [0.15, 0.2) is 12.4 Å². The van der Waals surface area contributed by atoms with Crippen molar-refractivity contribution in [2.75, 3.05) is 0 Å². The van der Waals surface area contributed by atoms with Gasteiger partial charge in [-0.3, -0.25) is 4.57 Å². The molecule has 2 aromatic heterocycles. The van der Waals surface area contributed by atoms with E-state index in [9.17, 15) is 0 Å². The summed E-state index contributed by atoms with van der Waals surface area (Å²) < 4.78 is 1.92. The van der Waals surface area contributed by atoms with E-state index in [2.05, 4.69) is 16.9 Å². The standard InChI is InChI=1S/C10H12ClN3OS/c1-2-3-8-12-4-5-14(8)10-13-9(11)7(6-15)16-10/h4-5,15H,2-3,6H2,1H3. The zero-order chi connectivity index (χ0) is 11.5. The molecule has 4 nitrogen and oxygen atoms in total. The molecule has 6 heteroatoms. The Morgan fingerprint density at radius 1 is 1.56 bits per heavy atom. The Hall–Kier alpha value is -0.910. The van der Waals surface area contributed by atoms with Crippen LogP contribution in [0.4, 0.5) is 0 Å². The van der Waals surface area contributed by atoms with Crippen LogP contribution < -0.4 is 0 Å². The number of nitrogens with zero attached hydrogens (tertiary/aromatic N) is 3. The average molecular weight is 258 g/mol. The number of aliphatic hydroxyl groups excluding tert-OH is 1. The van der Waals surface area contributed by atoms with Crippen LogP contribution in [0.25, 0.3) is 5.13 Å². The first kappa shape index (κ1) is 11.6. The van der Waals surface area contributed by atoms with Gasteiger partial charge in [0.25, 0.3) is 0 Å². The fourth-order valence-electron chi connectivity index (χ4n) is 1.44. The molecule has 0 amide bonds. The van der Waals surface area contributed by atoms with Gasteiger partial charge in [-0.2, -0.15) is 0 Å². The molecule has 86 valence electrons. The van der Waals surface area contributed by atoms with Gasteiger partial charge in [0.15, 0.2) is 5.13 Å². The van der Waals surface area contributed by atoms with Gasteiger partial charge in [-0.15, -0.1) is 0 Å². The summed E-state index contributed by atoms with van der Waals surface area (Å²) in [6.07, 6.45) is 5.54. The monoisotopic (exact) mass is 257 g/mol. The highest BCUT2D eigenvalue weighted by atomic mass is 35.5. The largest absolute Gasteiger partial charge is 0.391 e. The van der Waals surface area contributed by atoms with Crippen LogP contribution in [-0.4, -0.2) is 19.6 Å². The van der Waals surface area contributed by atoms with Crippen molar-refractivity contribution in [1.82, 2.24) is 14.5 Å². The summed E-state index contributed by atoms with van der Waals surface area (Å²) in [5.41, 5.74) is 0. The Morgan fingerprint density at radius 2 is 2.38 bits per heavy atom. The lowest BCUT2D eigenvalue weighted by Gasteiger charge is -2.01. The molecule has 0 atom stereocenters. The predicted octanol–water partition coefficient (Wildman–Crippen LogP) is 2.43. The molecule has 2 heterocycles. The van der Waals surface area contributed by atoms with Gasteiger partial charge in [0.1, 0.15) is 11.0 Å². The molecule has 0 aliphatic carbocycles. The number of rotatable bonds is 4. The molecule has 0 bridgehead atoms. The van der Waals surface area contributed by atoms with Crippen molar-refractivity contribution in [1.29, 1.82) is 0 Å². The predicted molar refractivity (Wildman–Crippen MR) is 64.2 cm³/mol. The Balaban J connectivity index is 2.38. The zero-order valence-electron chi connectivity index (χ0n) is 8.85. The second-order valence-corrected chi connectivity index (χ2v) is 4.75. The first-order chi connectivity index (χ1) is 7.76. The molecular weight excluding hydrogens is 246 g/mol. The number of aryl methyl sites for hydroxylation is 1. The first-order valence-corrected chi connectivity index (χ1v) is 6.24. The molecule has 0 radical (unpaired) electrons. The van der Waals surface area contributed by atoms with E-state index in [1.807, 2.05) is 10.8 Å². The summed E-state index contributed by atoms with van der Waals surface area (Å²) in [6, 6.07) is 0. The van der Waals surface area contributed by atoms with Crippen molar-refractivity contribution in [3.05, 3.63) is 28.2 Å². The molecule has 2 rings (SSSR count). The molecule has 0 unspecified atom stereocenters. The summed E-state index contributed by atoms with van der Waals surface area (Å²) in [5, 5.41) is 10.2. The van der Waals surface area contributed by atoms with Crippen molar-refractivity contribution in [2.45, 2.75) is 26.4 Å². The average Bonchev–Trinajstić information content (AvgIpc) is 2.85. The van der Waals surface area contributed by atoms with E-state index in [1.54, 1.807) is 6.20 Å². The topological polar surface area (TPSA) is 50.9 Å². The van der Waals surface area contributed by atoms with Crippen molar-refractivity contribution in [2.24, 2.45) is 0 Å². The number of aromatic nitrogens is 3. The first-order valence-electron chi connectivity index (χ1n) is 5.05. The Bertz CT molecular complexity index is 480. The quantitative estimate of drug-likeness (QED) is 0.915. The lowest BCUT2D eigenvalue weighted by molar-refractivity contribution is 0.285. The van der Waals surface area contributed by atoms with Crippen LogP contribution >= 0.6 is 22.9 Å². The molecule has 16 heavy (non-hydrogen) atoms. The van der Waals surface area contributed by atoms with Crippen LogP contribution in [0.1, 0.15) is 24.0 Å². The maximum Gasteiger partial charge on any atom is 0.196 e. The third-order valence-electron chi connectivity index (χ3n) is 2.18. The van der Waals surface area contributed by atoms with E-state index in [0.717, 1.165) is 23.8 Å². The van der Waals surface area contributed by atoms with Crippen molar-refractivity contribution >= 4 is 22.9 Å². The molecule has 0 aromatic carbocycles. The third-order valence-corrected chi connectivity index (χ3v) is 3.64. The lowest BCUT2D eigenvalue weighted by atomic mass is 10.3. The Kier molecular flexibility index (Phi) is 3.58. The molecule has 0 saturated heterocycles. The van der Waals surface area contributed by atoms with Crippen molar-refractivity contribution < 1.29 is 5.11 Å². The van der Waals surface area contributed by atoms with E-state index >= 15 is 0 Å². The molecule has 0 fully saturated rings. The van der Waals surface area contributed by atoms with Crippen LogP contribution in [0.3, 0.4) is 0 Å². The van der Waals surface area contributed by atoms with Crippen LogP contribution in [-0.2, 0) is 13.0 Å². The highest BCUT2D eigenvalue weighted by Gasteiger charge is 2.12. The van der Waals surface area contributed by atoms with Gasteiger partial charge in [0, 0.05) is 18.8 Å². The maximum atomic E-state index is 9.06. The summed E-state index contributed by atoms with van der Waals surface area (Å²) in [7, 11) is 0. The van der Waals surface area contributed by atoms with Crippen molar-refractivity contribution in [3.63, 3.8) is 0 Å². The Labute approximate surface area is 103 Å². The van der Waals surface area contributed by atoms with E-state index < -0.39 is 0 Å². The van der Waals surface area contributed by atoms with Crippen LogP contribution in [0.5, 0.6) is 0 Å². The van der Waals surface area contributed by atoms with E-state index in [1.165, 1.54) is 11.3 Å². The zero-order valence-corrected chi connectivity index (χ0v) is 10.4. The van der Waals surface area contributed by atoms with Gasteiger partial charge in [-0.1, -0.05) is 29.9 Å². The molecule has 1 N–H and O–H groups in total. The number of aliphatic hydroxyl groups is 1. The third kappa shape index (κ3) is 2.11. The van der Waals surface area contributed by atoms with E-state index in [0.29, 0.717) is 10.0 Å². The summed E-state index contributed by atoms with van der Waals surface area (Å²) in [5.74, 6) is 0.970. The fourth-order valence-corrected chi connectivity index (χ4v) is 2.56. The minimum atomic E-state index is -0.0751. The van der Waals surface area contributed by atoms with Gasteiger partial charge < -0.3 is 5.11 Å². The second kappa shape index (κ2) is 4.95. The number of halogens is 1. The van der Waals surface area contributed by atoms with Crippen LogP contribution in [0.2, 0.25) is 5.15 Å². The summed E-state index contributed by atoms with van der Waals surface area (Å²) in [6.45, 7) is 2.03. The summed E-state index contributed by atoms with van der Waals surface area (Å²) >= 11 is 7.28. The molecule has 0 aliphatic rings. The van der Waals surface area contributed by atoms with E-state index in [4.69, 9.17) is 16.7 Å². The minimum Gasteiger partial charge on any atom is -0.391 e. The number of hydrogen-bond acceptors (Lipinski definition) is 4. The molecule has 0 saturated carbocycles. The van der Waals surface area contributed by atoms with Gasteiger partial charge in [0.05, 0.1) is 11.5 Å². The second-order valence-electron chi connectivity index (χ2n) is 3.33. The lowest BCUT2D eigenvalue weighted by Crippen LogP contribution is -1.99. The van der Waals surface area contributed by atoms with Gasteiger partial charge in [-0.25, -0.2) is 9.97 Å².